The maximum Gasteiger partial charge on any atom is 0.241 e. The molecule has 1 aromatic carbocycles. The molecule has 0 radical (unpaired) electrons. The van der Waals surface area contributed by atoms with Crippen LogP contribution in [0.15, 0.2) is 18.2 Å². The largest absolute Gasteiger partial charge is 0.399 e. The number of likely N-dealkylation sites (N-methyl/N-ethyl adjacent to an activating group) is 1. The minimum absolute atomic E-state index is 0.0309. The van der Waals surface area contributed by atoms with E-state index in [0.29, 0.717) is 12.3 Å². The van der Waals surface area contributed by atoms with Crippen LogP contribution in [0.25, 0.3) is 0 Å². The molecule has 0 aliphatic rings. The van der Waals surface area contributed by atoms with Crippen LogP contribution in [-0.4, -0.2) is 43.7 Å². The SMILES string of the molecule is CCN(CCOC)C(C)C(=O)Nc1cc(N)ccc1C. The maximum atomic E-state index is 12.3. The molecule has 0 aromatic heterocycles. The van der Waals surface area contributed by atoms with Crippen molar-refractivity contribution in [2.45, 2.75) is 26.8 Å². The number of nitrogens with one attached hydrogen (secondary N) is 1. The van der Waals surface area contributed by atoms with Crippen LogP contribution in [-0.2, 0) is 9.53 Å². The molecule has 0 aliphatic heterocycles. The van der Waals surface area contributed by atoms with Gasteiger partial charge >= 0.3 is 0 Å². The molecule has 0 aliphatic carbocycles. The first-order valence-electron chi connectivity index (χ1n) is 6.89. The highest BCUT2D eigenvalue weighted by Gasteiger charge is 2.20. The van der Waals surface area contributed by atoms with E-state index in [4.69, 9.17) is 10.5 Å². The molecular weight excluding hydrogens is 254 g/mol. The monoisotopic (exact) mass is 279 g/mol. The summed E-state index contributed by atoms with van der Waals surface area (Å²) in [4.78, 5) is 14.4. The van der Waals surface area contributed by atoms with Gasteiger partial charge in [-0.25, -0.2) is 0 Å². The smallest absolute Gasteiger partial charge is 0.241 e. The number of benzene rings is 1. The Labute approximate surface area is 121 Å². The van der Waals surface area contributed by atoms with E-state index in [2.05, 4.69) is 10.2 Å². The summed E-state index contributed by atoms with van der Waals surface area (Å²) in [5, 5.41) is 2.94. The Morgan fingerprint density at radius 3 is 2.80 bits per heavy atom. The zero-order chi connectivity index (χ0) is 15.1. The molecule has 112 valence electrons. The second kappa shape index (κ2) is 7.87. The van der Waals surface area contributed by atoms with Crippen LogP contribution in [0.1, 0.15) is 19.4 Å². The summed E-state index contributed by atoms with van der Waals surface area (Å²) in [6, 6.07) is 5.30. The first-order chi connectivity index (χ1) is 9.49. The highest BCUT2D eigenvalue weighted by atomic mass is 16.5. The summed E-state index contributed by atoms with van der Waals surface area (Å²) in [7, 11) is 1.66. The number of rotatable bonds is 7. The quantitative estimate of drug-likeness (QED) is 0.748. The first-order valence-corrected chi connectivity index (χ1v) is 6.89. The zero-order valence-electron chi connectivity index (χ0n) is 12.8. The number of ether oxygens (including phenoxy) is 1. The molecule has 0 fully saturated rings. The Bertz CT molecular complexity index is 449. The van der Waals surface area contributed by atoms with Gasteiger partial charge < -0.3 is 15.8 Å². The predicted molar refractivity (Wildman–Crippen MR) is 82.8 cm³/mol. The van der Waals surface area contributed by atoms with Crippen molar-refractivity contribution < 1.29 is 9.53 Å². The highest BCUT2D eigenvalue weighted by molar-refractivity contribution is 5.95. The summed E-state index contributed by atoms with van der Waals surface area (Å²) >= 11 is 0. The number of nitrogens with two attached hydrogens (primary N) is 1. The van der Waals surface area contributed by atoms with Crippen LogP contribution < -0.4 is 11.1 Å². The summed E-state index contributed by atoms with van der Waals surface area (Å²) in [6.45, 7) is 8.03. The van der Waals surface area contributed by atoms with E-state index in [-0.39, 0.29) is 11.9 Å². The van der Waals surface area contributed by atoms with Gasteiger partial charge in [-0.15, -0.1) is 0 Å². The molecule has 0 saturated carbocycles. The van der Waals surface area contributed by atoms with Crippen LogP contribution in [0.3, 0.4) is 0 Å². The van der Waals surface area contributed by atoms with E-state index in [1.54, 1.807) is 13.2 Å². The Morgan fingerprint density at radius 2 is 2.20 bits per heavy atom. The van der Waals surface area contributed by atoms with E-state index in [1.807, 2.05) is 32.9 Å². The average molecular weight is 279 g/mol. The first kappa shape index (κ1) is 16.5. The van der Waals surface area contributed by atoms with Crippen molar-refractivity contribution in [1.82, 2.24) is 4.90 Å². The second-order valence-electron chi connectivity index (χ2n) is 4.86. The van der Waals surface area contributed by atoms with Gasteiger partial charge in [0.1, 0.15) is 0 Å². The van der Waals surface area contributed by atoms with Gasteiger partial charge in [-0.05, 0) is 38.1 Å². The Kier molecular flexibility index (Phi) is 6.48. The number of amides is 1. The number of hydrogen-bond acceptors (Lipinski definition) is 4. The third-order valence-electron chi connectivity index (χ3n) is 3.44. The van der Waals surface area contributed by atoms with Crippen LogP contribution in [0.2, 0.25) is 0 Å². The molecule has 1 rings (SSSR count). The minimum atomic E-state index is -0.212. The summed E-state index contributed by atoms with van der Waals surface area (Å²) in [5.41, 5.74) is 8.16. The summed E-state index contributed by atoms with van der Waals surface area (Å²) in [5.74, 6) is -0.0309. The van der Waals surface area contributed by atoms with Crippen LogP contribution >= 0.6 is 0 Å². The van der Waals surface area contributed by atoms with E-state index < -0.39 is 0 Å². The van der Waals surface area contributed by atoms with Gasteiger partial charge in [-0.3, -0.25) is 9.69 Å². The predicted octanol–water partition coefficient (Wildman–Crippen LogP) is 1.87. The molecule has 0 bridgehead atoms. The lowest BCUT2D eigenvalue weighted by molar-refractivity contribution is -0.120. The van der Waals surface area contributed by atoms with Gasteiger partial charge in [0, 0.05) is 25.0 Å². The molecule has 1 aromatic rings. The molecule has 0 heterocycles. The van der Waals surface area contributed by atoms with Gasteiger partial charge in [-0.1, -0.05) is 13.0 Å². The van der Waals surface area contributed by atoms with Crippen molar-refractivity contribution in [2.75, 3.05) is 37.9 Å². The van der Waals surface area contributed by atoms with Crippen molar-refractivity contribution in [2.24, 2.45) is 0 Å². The minimum Gasteiger partial charge on any atom is -0.399 e. The number of aryl methyl sites for hydroxylation is 1. The Morgan fingerprint density at radius 1 is 1.50 bits per heavy atom. The van der Waals surface area contributed by atoms with Crippen LogP contribution in [0.5, 0.6) is 0 Å². The fourth-order valence-corrected chi connectivity index (χ4v) is 2.01. The van der Waals surface area contributed by atoms with Crippen molar-refractivity contribution in [3.05, 3.63) is 23.8 Å². The zero-order valence-corrected chi connectivity index (χ0v) is 12.8. The topological polar surface area (TPSA) is 67.6 Å². The molecule has 5 nitrogen and oxygen atoms in total. The molecule has 1 amide bonds. The summed E-state index contributed by atoms with van der Waals surface area (Å²) in [6.07, 6.45) is 0. The van der Waals surface area contributed by atoms with Gasteiger partial charge in [0.15, 0.2) is 0 Å². The van der Waals surface area contributed by atoms with Gasteiger partial charge in [-0.2, -0.15) is 0 Å². The van der Waals surface area contributed by atoms with E-state index >= 15 is 0 Å². The molecule has 1 atom stereocenters. The van der Waals surface area contributed by atoms with Gasteiger partial charge in [0.25, 0.3) is 0 Å². The normalized spacial score (nSPS) is 12.4. The number of hydrogen-bond donors (Lipinski definition) is 2. The lowest BCUT2D eigenvalue weighted by Crippen LogP contribution is -2.43. The van der Waals surface area contributed by atoms with Crippen molar-refractivity contribution in [3.8, 4) is 0 Å². The molecule has 5 heteroatoms. The van der Waals surface area contributed by atoms with E-state index in [0.717, 1.165) is 24.3 Å². The molecule has 0 saturated heterocycles. The van der Waals surface area contributed by atoms with Crippen LogP contribution in [0, 0.1) is 6.92 Å². The number of anilines is 2. The number of nitrogen functional groups attached to an aromatic ring is 1. The lowest BCUT2D eigenvalue weighted by Gasteiger charge is -2.26. The molecule has 1 unspecified atom stereocenters. The standard InChI is InChI=1S/C15H25N3O2/c1-5-18(8-9-20-4)12(3)15(19)17-14-10-13(16)7-6-11(14)2/h6-7,10,12H,5,8-9,16H2,1-4H3,(H,17,19). The van der Waals surface area contributed by atoms with Gasteiger partial charge in [0.2, 0.25) is 5.91 Å². The van der Waals surface area contributed by atoms with Crippen molar-refractivity contribution >= 4 is 17.3 Å². The van der Waals surface area contributed by atoms with Crippen LogP contribution in [0.4, 0.5) is 11.4 Å². The Balaban J connectivity index is 2.71. The third-order valence-corrected chi connectivity index (χ3v) is 3.44. The van der Waals surface area contributed by atoms with E-state index in [1.165, 1.54) is 0 Å². The number of nitrogens with zero attached hydrogens (tertiary/aromatic N) is 1. The number of carbonyl (C=O) groups excluding carboxylic acids is 1. The highest BCUT2D eigenvalue weighted by Crippen LogP contribution is 2.18. The fourth-order valence-electron chi connectivity index (χ4n) is 2.01. The van der Waals surface area contributed by atoms with Crippen molar-refractivity contribution in [3.63, 3.8) is 0 Å². The summed E-state index contributed by atoms with van der Waals surface area (Å²) < 4.78 is 5.07. The molecule has 20 heavy (non-hydrogen) atoms. The average Bonchev–Trinajstić information content (AvgIpc) is 2.43. The lowest BCUT2D eigenvalue weighted by atomic mass is 10.1. The van der Waals surface area contributed by atoms with E-state index in [9.17, 15) is 4.79 Å². The van der Waals surface area contributed by atoms with Gasteiger partial charge in [0.05, 0.1) is 12.6 Å². The van der Waals surface area contributed by atoms with Crippen molar-refractivity contribution in [1.29, 1.82) is 0 Å². The molecular formula is C15H25N3O2. The Hall–Kier alpha value is -1.59. The number of carbonyl (C=O) groups is 1. The maximum absolute atomic E-state index is 12.3. The fraction of sp³-hybridized carbons (Fsp3) is 0.533. The number of methoxy groups -OCH3 is 1. The molecule has 3 N–H and O–H groups in total. The third kappa shape index (κ3) is 4.51. The molecule has 0 spiro atoms. The second-order valence-corrected chi connectivity index (χ2v) is 4.86.